The summed E-state index contributed by atoms with van der Waals surface area (Å²) in [5.41, 5.74) is -7.57. The van der Waals surface area contributed by atoms with E-state index in [1.165, 1.54) is 37.6 Å². The number of benzene rings is 2. The van der Waals surface area contributed by atoms with E-state index in [-0.39, 0.29) is 20.2 Å². The molecule has 12 heterocycles. The van der Waals surface area contributed by atoms with E-state index >= 15 is 4.39 Å². The summed E-state index contributed by atoms with van der Waals surface area (Å²) in [4.78, 5) is 173. The van der Waals surface area contributed by atoms with E-state index < -0.39 is 233 Å². The fourth-order valence-electron chi connectivity index (χ4n) is 12.3. The molecule has 2 aromatic carbocycles. The summed E-state index contributed by atoms with van der Waals surface area (Å²) in [7, 11) is 0. The molecule has 6 fully saturated rings. The van der Waals surface area contributed by atoms with Crippen molar-refractivity contribution in [1.82, 2.24) is 57.3 Å². The van der Waals surface area contributed by atoms with Crippen LogP contribution in [0.5, 0.6) is 0 Å². The third kappa shape index (κ3) is 21.3. The number of aliphatic hydroxyl groups is 10. The number of alkyl halides is 6. The average Bonchev–Trinajstić information content (AvgIpc) is 1.62. The lowest BCUT2D eigenvalue weighted by atomic mass is 9.98. The second-order valence-corrected chi connectivity index (χ2v) is 29.1. The Hall–Kier alpha value is -9.62. The quantitative estimate of drug-likeness (QED) is 0.0261. The zero-order chi connectivity index (χ0) is 88.3. The molecule has 6 aliphatic rings. The molecule has 44 nitrogen and oxygen atoms in total. The maximum absolute atomic E-state index is 15.1. The van der Waals surface area contributed by atoms with Crippen molar-refractivity contribution in [3.8, 4) is 0 Å². The summed E-state index contributed by atoms with van der Waals surface area (Å²) < 4.78 is 91.9. The van der Waals surface area contributed by atoms with Gasteiger partial charge in [0.2, 0.25) is 23.8 Å². The van der Waals surface area contributed by atoms with E-state index in [0.717, 1.165) is 82.4 Å². The molecule has 50 heteroatoms. The number of hydrogen-bond donors (Lipinski definition) is 16. The first-order valence-electron chi connectivity index (χ1n) is 35.2. The highest BCUT2D eigenvalue weighted by atomic mass is 127. The van der Waals surface area contributed by atoms with Gasteiger partial charge in [-0.25, -0.2) is 51.5 Å². The van der Waals surface area contributed by atoms with Crippen LogP contribution in [0.3, 0.4) is 0 Å². The summed E-state index contributed by atoms with van der Waals surface area (Å²) >= 11 is 5.51. The van der Waals surface area contributed by atoms with E-state index in [0.29, 0.717) is 9.99 Å². The molecule has 16 N–H and O–H groups in total. The van der Waals surface area contributed by atoms with Crippen LogP contribution >= 0.6 is 67.8 Å². The van der Waals surface area contributed by atoms with Gasteiger partial charge in [0.25, 0.3) is 33.4 Å². The van der Waals surface area contributed by atoms with Crippen molar-refractivity contribution < 1.29 is 112 Å². The molecule has 0 unspecified atom stereocenters. The van der Waals surface area contributed by atoms with Gasteiger partial charge < -0.3 is 89.0 Å². The van der Waals surface area contributed by atoms with Gasteiger partial charge >= 0.3 is 46.1 Å². The van der Waals surface area contributed by atoms with Crippen molar-refractivity contribution in [3.63, 3.8) is 0 Å². The number of H-pyrrole nitrogens is 6. The smallest absolute Gasteiger partial charge is 0.338 e. The highest BCUT2D eigenvalue weighted by Crippen LogP contribution is 2.46. The van der Waals surface area contributed by atoms with Gasteiger partial charge in [-0.15, -0.1) is 0 Å². The zero-order valence-electron chi connectivity index (χ0n) is 61.9. The molecule has 0 saturated carbocycles. The first-order valence-corrected chi connectivity index (χ1v) is 39.8. The van der Waals surface area contributed by atoms with Gasteiger partial charge in [-0.2, -0.15) is 0 Å². The lowest BCUT2D eigenvalue weighted by Gasteiger charge is -2.23. The minimum Gasteiger partial charge on any atom is -0.469 e. The van der Waals surface area contributed by atoms with Gasteiger partial charge in [0.15, 0.2) is 43.3 Å². The summed E-state index contributed by atoms with van der Waals surface area (Å²) in [6, 6.07) is 22.9. The van der Waals surface area contributed by atoms with Crippen molar-refractivity contribution >= 4 is 79.7 Å². The summed E-state index contributed by atoms with van der Waals surface area (Å²) in [5, 5.41) is 95.1. The number of hydrogen-bond acceptors (Lipinski definition) is 32. The predicted molar refractivity (Wildman–Crippen MR) is 425 cm³/mol. The number of ether oxygens (including phenoxy) is 8. The van der Waals surface area contributed by atoms with E-state index in [1.54, 1.807) is 78.0 Å². The standard InChI is InChI=1S/C17H16FIN2O5.C17H17FN2O6.C9H10FIN2O5.C9H11IN2O5.C9H12N2O6.C9H10N2O5/c1-10-13(25-15(23)11-5-3-2-4-6-11)14(26-17(10,18)9-19)21-8-7-12(22)20-16(21)24;1-10-13(25-15(23)11-5-3-2-4-6-11)14(26-17(10,18)9-21)20-8-7-12(22)19-16(20)24;10-9(3-11)6(16)5(15)7(18-9)13-2-1-4(14)12-8(13)17;10-3-4-6(14)7(15)8(17-4)12-2-1-5(13)11-9(12)16;12-3-4-6(14)7(15)8(17-4)11-2-1-5(13)10-9(11)16;1-4-6(13)7(14)8(16-4)11-3-2-5(12)10-9(11)15/h2-8,10,13-14H,9H2,1H3,(H,20,22,24);2-8,10,13-14,21H,9H2,1H3,(H,19,22,24);1-2,5-7,15-16H,3H2,(H,12,14,17);1-2,4,6-8,14-15H,3H2,(H,11,13,16);1-2,4,6-8,12,14-15H,3H2,(H,10,13,16);2-3,6-8,13-14H,1H2,(H,10,12,15)/t2*10-,13+,14+,17+;5-,6+,7-,9-;2*4-,6-,7-,8-;6-,7-,8-/m001111/s1. The molecule has 8 aromatic rings. The van der Waals surface area contributed by atoms with Crippen molar-refractivity contribution in [2.45, 2.75) is 142 Å². The molecular formula is C70H76F3I3N12O32. The van der Waals surface area contributed by atoms with Crippen molar-refractivity contribution in [3.05, 3.63) is 283 Å². The Morgan fingerprint density at radius 3 is 1.02 bits per heavy atom. The largest absolute Gasteiger partial charge is 0.469 e. The lowest BCUT2D eigenvalue weighted by Crippen LogP contribution is -2.40. The van der Waals surface area contributed by atoms with Crippen molar-refractivity contribution in [1.29, 1.82) is 0 Å². The predicted octanol–water partition coefficient (Wildman–Crippen LogP) is -4.46. The van der Waals surface area contributed by atoms with Crippen LogP contribution in [0.25, 0.3) is 0 Å². The highest BCUT2D eigenvalue weighted by molar-refractivity contribution is 14.1. The number of aromatic amines is 6. The van der Waals surface area contributed by atoms with Crippen LogP contribution < -0.4 is 67.5 Å². The fourth-order valence-corrected chi connectivity index (χ4v) is 14.5. The maximum atomic E-state index is 15.1. The van der Waals surface area contributed by atoms with E-state index in [1.807, 2.05) is 65.1 Å². The fraction of sp³-hybridized carbons (Fsp3) is 0.429. The Kier molecular flexibility index (Phi) is 31.7. The topological polar surface area (TPSA) is 639 Å². The molecule has 0 bridgehead atoms. The van der Waals surface area contributed by atoms with Crippen LogP contribution in [0.15, 0.2) is 204 Å². The molecule has 23 atom stereocenters. The van der Waals surface area contributed by atoms with E-state index in [2.05, 4.69) is 16.5 Å². The van der Waals surface area contributed by atoms with Crippen LogP contribution in [0.1, 0.15) is 71.9 Å². The number of nitrogens with one attached hydrogen (secondary N) is 6. The molecule has 6 aliphatic heterocycles. The summed E-state index contributed by atoms with van der Waals surface area (Å²) in [6.45, 7) is 4.88. The summed E-state index contributed by atoms with van der Waals surface area (Å²) in [6.07, 6.45) is -14.7. The SMILES string of the molecule is C=C1O[C@@H](n2ccc(=O)[nH]c2=O)[C@H](O)[C@@H]1O.C[C@H]1[C@@H](OC(=O)c2ccccc2)[C@H](n2ccc(=O)[nH]c2=O)O[C@]1(F)CI.C[C@H]1[C@@H](OC(=O)c2ccccc2)[C@H](n2ccc(=O)[nH]c2=O)O[C@]1(F)CO.O=c1ccn([C@@H]2O[C@H](CI)[C@@H](O)[C@H]2O)c(=O)[nH]1.O=c1ccn([C@@H]2O[C@H](CO)[C@@H](O)[C@H]2O)c(=O)[nH]1.O=c1ccn([C@@H]2O[C@](F)(CI)[C@@H](O)[C@H]2O)c(=O)[nH]1. The molecule has 120 heavy (non-hydrogen) atoms. The highest BCUT2D eigenvalue weighted by Gasteiger charge is 2.59. The van der Waals surface area contributed by atoms with Gasteiger partial charge in [-0.05, 0) is 24.3 Å². The Labute approximate surface area is 707 Å². The number of aliphatic hydroxyl groups excluding tert-OH is 10. The number of carbonyl (C=O) groups excluding carboxylic acids is 2. The van der Waals surface area contributed by atoms with Crippen molar-refractivity contribution in [2.75, 3.05) is 26.5 Å². The molecule has 0 amide bonds. The molecule has 6 saturated heterocycles. The number of halogens is 6. The second-order valence-electron chi connectivity index (χ2n) is 26.7. The van der Waals surface area contributed by atoms with Gasteiger partial charge in [0.1, 0.15) is 67.3 Å². The molecule has 14 rings (SSSR count). The van der Waals surface area contributed by atoms with Gasteiger partial charge in [-0.3, -0.25) is 86.1 Å². The number of aromatic nitrogens is 12. The lowest BCUT2D eigenvalue weighted by molar-refractivity contribution is -0.192. The number of esters is 2. The zero-order valence-corrected chi connectivity index (χ0v) is 68.4. The first-order chi connectivity index (χ1) is 56.7. The van der Waals surface area contributed by atoms with Crippen LogP contribution in [0.2, 0.25) is 0 Å². The van der Waals surface area contributed by atoms with Gasteiger partial charge in [0.05, 0.1) is 44.5 Å². The normalized spacial score (nSPS) is 30.7. The van der Waals surface area contributed by atoms with Crippen molar-refractivity contribution in [2.24, 2.45) is 11.8 Å². The Morgan fingerprint density at radius 1 is 0.417 bits per heavy atom. The van der Waals surface area contributed by atoms with E-state index in [9.17, 15) is 122 Å². The minimum atomic E-state index is -2.51. The van der Waals surface area contributed by atoms with E-state index in [4.69, 9.17) is 43.0 Å². The molecule has 650 valence electrons. The first kappa shape index (κ1) is 94.2. The number of nitrogens with zero attached hydrogens (tertiary/aromatic N) is 6. The second kappa shape index (κ2) is 40.4. The Balaban J connectivity index is 0.000000166. The third-order valence-corrected chi connectivity index (χ3v) is 21.9. The van der Waals surface area contributed by atoms with Crippen LogP contribution in [0.4, 0.5) is 13.2 Å². The molecule has 0 spiro atoms. The molecule has 0 aliphatic carbocycles. The average molecular weight is 2040 g/mol. The van der Waals surface area contributed by atoms with Gasteiger partial charge in [0, 0.05) is 78.0 Å². The summed E-state index contributed by atoms with van der Waals surface area (Å²) in [5.74, 6) is -10.3. The minimum absolute atomic E-state index is 0.0140. The van der Waals surface area contributed by atoms with Gasteiger partial charge in [-0.1, -0.05) is 125 Å². The molecule has 0 radical (unpaired) electrons. The monoisotopic (exact) mass is 2030 g/mol. The number of carbonyl (C=O) groups is 2. The van der Waals surface area contributed by atoms with Crippen LogP contribution in [0, 0.1) is 11.8 Å². The Bertz CT molecular complexity index is 5450. The Morgan fingerprint density at radius 2 is 0.725 bits per heavy atom. The van der Waals surface area contributed by atoms with Crippen LogP contribution in [-0.2, 0) is 37.9 Å². The third-order valence-electron chi connectivity index (χ3n) is 19.0. The molecular weight excluding hydrogens is 1960 g/mol. The maximum Gasteiger partial charge on any atom is 0.338 e. The number of rotatable bonds is 15. The van der Waals surface area contributed by atoms with Crippen LogP contribution in [-0.4, -0.2) is 238 Å². The molecule has 6 aromatic heterocycles.